The maximum atomic E-state index is 12.8. The van der Waals surface area contributed by atoms with Gasteiger partial charge >= 0.3 is 6.18 Å². The average molecular weight is 393 g/mol. The van der Waals surface area contributed by atoms with Crippen molar-refractivity contribution >= 4 is 5.91 Å². The fraction of sp³-hybridized carbons (Fsp3) is 0.350. The minimum absolute atomic E-state index is 0.0612. The highest BCUT2D eigenvalue weighted by Gasteiger charge is 2.30. The van der Waals surface area contributed by atoms with Crippen LogP contribution < -0.4 is 15.4 Å². The molecule has 0 radical (unpaired) electrons. The molecule has 1 aliphatic rings. The number of rotatable bonds is 6. The molecule has 0 bridgehead atoms. The van der Waals surface area contributed by atoms with Crippen molar-refractivity contribution in [3.8, 4) is 11.5 Å². The largest absolute Gasteiger partial charge is 0.457 e. The van der Waals surface area contributed by atoms with Crippen molar-refractivity contribution in [1.82, 2.24) is 15.5 Å². The van der Waals surface area contributed by atoms with Crippen molar-refractivity contribution in [3.63, 3.8) is 0 Å². The van der Waals surface area contributed by atoms with Crippen LogP contribution in [0.2, 0.25) is 0 Å². The molecule has 0 spiro atoms. The Kier molecular flexibility index (Phi) is 6.53. The van der Waals surface area contributed by atoms with Gasteiger partial charge in [0.2, 0.25) is 0 Å². The van der Waals surface area contributed by atoms with Gasteiger partial charge in [0, 0.05) is 44.8 Å². The summed E-state index contributed by atoms with van der Waals surface area (Å²) in [7, 11) is 0. The number of nitrogens with zero attached hydrogens (tertiary/aromatic N) is 1. The van der Waals surface area contributed by atoms with Gasteiger partial charge in [-0.1, -0.05) is 12.1 Å². The molecule has 1 fully saturated rings. The van der Waals surface area contributed by atoms with Crippen LogP contribution >= 0.6 is 0 Å². The molecule has 28 heavy (non-hydrogen) atoms. The maximum Gasteiger partial charge on any atom is 0.416 e. The van der Waals surface area contributed by atoms with Gasteiger partial charge in [-0.25, -0.2) is 0 Å². The van der Waals surface area contributed by atoms with Gasteiger partial charge in [0.1, 0.15) is 11.5 Å². The maximum absolute atomic E-state index is 12.8. The summed E-state index contributed by atoms with van der Waals surface area (Å²) in [4.78, 5) is 14.6. The van der Waals surface area contributed by atoms with Crippen LogP contribution in [0.5, 0.6) is 11.5 Å². The van der Waals surface area contributed by atoms with Gasteiger partial charge in [-0.3, -0.25) is 9.69 Å². The van der Waals surface area contributed by atoms with Gasteiger partial charge in [-0.05, 0) is 36.4 Å². The second-order valence-corrected chi connectivity index (χ2v) is 6.50. The first-order chi connectivity index (χ1) is 13.4. The highest BCUT2D eigenvalue weighted by Crippen LogP contribution is 2.32. The zero-order chi connectivity index (χ0) is 20.0. The third-order valence-corrected chi connectivity index (χ3v) is 4.42. The summed E-state index contributed by atoms with van der Waals surface area (Å²) >= 11 is 0. The average Bonchev–Trinajstić information content (AvgIpc) is 2.68. The molecule has 1 saturated heterocycles. The highest BCUT2D eigenvalue weighted by molar-refractivity contribution is 5.94. The van der Waals surface area contributed by atoms with Crippen molar-refractivity contribution in [2.75, 3.05) is 39.3 Å². The van der Waals surface area contributed by atoms with Crippen LogP contribution in [0.25, 0.3) is 0 Å². The van der Waals surface area contributed by atoms with Crippen molar-refractivity contribution < 1.29 is 22.7 Å². The molecule has 2 N–H and O–H groups in total. The smallest absolute Gasteiger partial charge is 0.416 e. The van der Waals surface area contributed by atoms with Crippen LogP contribution in [-0.4, -0.2) is 50.1 Å². The van der Waals surface area contributed by atoms with Crippen LogP contribution in [-0.2, 0) is 6.18 Å². The van der Waals surface area contributed by atoms with Crippen molar-refractivity contribution in [2.45, 2.75) is 6.18 Å². The number of halogens is 3. The van der Waals surface area contributed by atoms with Gasteiger partial charge in [-0.2, -0.15) is 13.2 Å². The highest BCUT2D eigenvalue weighted by atomic mass is 19.4. The van der Waals surface area contributed by atoms with E-state index in [1.165, 1.54) is 18.2 Å². The fourth-order valence-corrected chi connectivity index (χ4v) is 2.94. The van der Waals surface area contributed by atoms with Gasteiger partial charge in [-0.15, -0.1) is 0 Å². The van der Waals surface area contributed by atoms with Crippen LogP contribution in [0.15, 0.2) is 48.5 Å². The van der Waals surface area contributed by atoms with E-state index in [-0.39, 0.29) is 11.7 Å². The first-order valence-electron chi connectivity index (χ1n) is 9.08. The molecule has 0 unspecified atom stereocenters. The lowest BCUT2D eigenvalue weighted by Crippen LogP contribution is -2.46. The number of hydrogen-bond donors (Lipinski definition) is 2. The van der Waals surface area contributed by atoms with Crippen molar-refractivity contribution in [3.05, 3.63) is 59.7 Å². The quantitative estimate of drug-likeness (QED) is 0.792. The monoisotopic (exact) mass is 393 g/mol. The Hall–Kier alpha value is -2.58. The number of amides is 1. The number of carbonyl (C=O) groups excluding carboxylic acids is 1. The summed E-state index contributed by atoms with van der Waals surface area (Å²) in [6.07, 6.45) is -4.44. The fourth-order valence-electron chi connectivity index (χ4n) is 2.94. The van der Waals surface area contributed by atoms with E-state index in [0.717, 1.165) is 44.9 Å². The Morgan fingerprint density at radius 3 is 2.46 bits per heavy atom. The van der Waals surface area contributed by atoms with Gasteiger partial charge in [0.15, 0.2) is 0 Å². The number of ether oxygens (including phenoxy) is 1. The summed E-state index contributed by atoms with van der Waals surface area (Å²) in [6, 6.07) is 11.0. The number of benzene rings is 2. The molecule has 0 atom stereocenters. The number of nitrogens with one attached hydrogen (secondary N) is 2. The van der Waals surface area contributed by atoms with Crippen LogP contribution in [0.1, 0.15) is 15.9 Å². The third-order valence-electron chi connectivity index (χ3n) is 4.42. The molecule has 0 saturated carbocycles. The molecule has 1 aliphatic heterocycles. The van der Waals surface area contributed by atoms with E-state index in [9.17, 15) is 18.0 Å². The number of alkyl halides is 3. The Morgan fingerprint density at radius 2 is 1.75 bits per heavy atom. The molecule has 0 aromatic heterocycles. The molecule has 0 aliphatic carbocycles. The predicted molar refractivity (Wildman–Crippen MR) is 99.6 cm³/mol. The topological polar surface area (TPSA) is 53.6 Å². The number of piperazine rings is 1. The standard InChI is InChI=1S/C20H22F3N3O2/c21-20(22,23)16-4-2-6-18(14-16)28-17-5-1-3-15(13-17)19(27)25-9-12-26-10-7-24-8-11-26/h1-6,13-14,24H,7-12H2,(H,25,27). The van der Waals surface area contributed by atoms with Gasteiger partial charge in [0.05, 0.1) is 5.56 Å². The van der Waals surface area contributed by atoms with Crippen LogP contribution in [0.4, 0.5) is 13.2 Å². The first-order valence-corrected chi connectivity index (χ1v) is 9.08. The van der Waals surface area contributed by atoms with E-state index in [2.05, 4.69) is 15.5 Å². The molecule has 2 aromatic carbocycles. The molecule has 3 rings (SSSR count). The molecule has 1 heterocycles. The summed E-state index contributed by atoms with van der Waals surface area (Å²) in [5.41, 5.74) is -0.392. The minimum atomic E-state index is -4.44. The summed E-state index contributed by atoms with van der Waals surface area (Å²) in [5.74, 6) is 0.116. The second-order valence-electron chi connectivity index (χ2n) is 6.50. The zero-order valence-corrected chi connectivity index (χ0v) is 15.3. The lowest BCUT2D eigenvalue weighted by atomic mass is 10.2. The molecule has 2 aromatic rings. The van der Waals surface area contributed by atoms with E-state index >= 15 is 0 Å². The molecular weight excluding hydrogens is 371 g/mol. The molecule has 150 valence electrons. The van der Waals surface area contributed by atoms with Crippen LogP contribution in [0.3, 0.4) is 0 Å². The van der Waals surface area contributed by atoms with E-state index in [1.807, 2.05) is 0 Å². The summed E-state index contributed by atoms with van der Waals surface area (Å²) in [5, 5.41) is 6.13. The molecule has 8 heteroatoms. The summed E-state index contributed by atoms with van der Waals surface area (Å²) in [6.45, 7) is 5.10. The van der Waals surface area contributed by atoms with Gasteiger partial charge in [0.25, 0.3) is 5.91 Å². The summed E-state index contributed by atoms with van der Waals surface area (Å²) < 4.78 is 44.0. The number of hydrogen-bond acceptors (Lipinski definition) is 4. The van der Waals surface area contributed by atoms with E-state index < -0.39 is 11.7 Å². The van der Waals surface area contributed by atoms with Crippen molar-refractivity contribution in [2.24, 2.45) is 0 Å². The zero-order valence-electron chi connectivity index (χ0n) is 15.3. The van der Waals surface area contributed by atoms with Crippen molar-refractivity contribution in [1.29, 1.82) is 0 Å². The normalized spacial score (nSPS) is 15.2. The van der Waals surface area contributed by atoms with Gasteiger partial charge < -0.3 is 15.4 Å². The van der Waals surface area contributed by atoms with E-state index in [4.69, 9.17) is 4.74 Å². The third kappa shape index (κ3) is 5.71. The Morgan fingerprint density at radius 1 is 1.07 bits per heavy atom. The second kappa shape index (κ2) is 9.07. The Labute approximate surface area is 161 Å². The first kappa shape index (κ1) is 20.2. The molecular formula is C20H22F3N3O2. The Balaban J connectivity index is 1.58. The lowest BCUT2D eigenvalue weighted by Gasteiger charge is -2.27. The molecule has 5 nitrogen and oxygen atoms in total. The number of carbonyl (C=O) groups is 1. The molecule has 1 amide bonds. The SMILES string of the molecule is O=C(NCCN1CCNCC1)c1cccc(Oc2cccc(C(F)(F)F)c2)c1. The predicted octanol–water partition coefficient (Wildman–Crippen LogP) is 3.13. The van der Waals surface area contributed by atoms with E-state index in [0.29, 0.717) is 17.9 Å². The minimum Gasteiger partial charge on any atom is -0.457 e. The Bertz CT molecular complexity index is 805. The van der Waals surface area contributed by atoms with E-state index in [1.54, 1.807) is 18.2 Å². The van der Waals surface area contributed by atoms with Crippen LogP contribution in [0, 0.1) is 0 Å². The lowest BCUT2D eigenvalue weighted by molar-refractivity contribution is -0.137.